The van der Waals surface area contributed by atoms with Crippen LogP contribution in [0.4, 0.5) is 11.4 Å². The highest BCUT2D eigenvalue weighted by atomic mass is 32.2. The van der Waals surface area contributed by atoms with Crippen molar-refractivity contribution in [2.45, 2.75) is 57.9 Å². The minimum Gasteiger partial charge on any atom is -0.494 e. The molecular formula is C27H35N3O6S. The molecule has 0 saturated carbocycles. The predicted molar refractivity (Wildman–Crippen MR) is 142 cm³/mol. The molecule has 2 aliphatic rings. The number of ether oxygens (including phenoxy) is 2. The largest absolute Gasteiger partial charge is 0.494 e. The second-order valence-corrected chi connectivity index (χ2v) is 11.4. The molecule has 2 amide bonds. The fraction of sp³-hybridized carbons (Fsp3) is 0.481. The minimum absolute atomic E-state index is 0.00261. The van der Waals surface area contributed by atoms with Crippen LogP contribution in [0.5, 0.6) is 11.5 Å². The molecule has 0 aromatic heterocycles. The third-order valence-electron chi connectivity index (χ3n) is 6.89. The van der Waals surface area contributed by atoms with E-state index in [0.717, 1.165) is 11.3 Å². The van der Waals surface area contributed by atoms with Crippen molar-refractivity contribution in [2.75, 3.05) is 36.5 Å². The summed E-state index contributed by atoms with van der Waals surface area (Å²) in [6.07, 6.45) is 1.45. The Bertz CT molecular complexity index is 1270. The van der Waals surface area contributed by atoms with Gasteiger partial charge in [-0.05, 0) is 75.9 Å². The molecule has 4 rings (SSSR count). The summed E-state index contributed by atoms with van der Waals surface area (Å²) in [5.74, 6) is 0.662. The fourth-order valence-electron chi connectivity index (χ4n) is 5.13. The first-order valence-corrected chi connectivity index (χ1v) is 14.2. The van der Waals surface area contributed by atoms with Gasteiger partial charge in [-0.25, -0.2) is 8.42 Å². The van der Waals surface area contributed by atoms with Crippen molar-refractivity contribution >= 4 is 33.2 Å². The molecule has 2 heterocycles. The Balaban J connectivity index is 1.42. The number of sulfonamides is 1. The first kappa shape index (κ1) is 26.9. The van der Waals surface area contributed by atoms with E-state index in [9.17, 15) is 18.0 Å². The van der Waals surface area contributed by atoms with Crippen molar-refractivity contribution in [3.8, 4) is 11.5 Å². The highest BCUT2D eigenvalue weighted by molar-refractivity contribution is 7.89. The molecule has 200 valence electrons. The summed E-state index contributed by atoms with van der Waals surface area (Å²) in [7, 11) is -3.71. The van der Waals surface area contributed by atoms with Crippen LogP contribution in [0.15, 0.2) is 41.3 Å². The van der Waals surface area contributed by atoms with Gasteiger partial charge in [0.2, 0.25) is 21.8 Å². The summed E-state index contributed by atoms with van der Waals surface area (Å²) in [5, 5.41) is 2.95. The van der Waals surface area contributed by atoms with Crippen LogP contribution in [0.25, 0.3) is 0 Å². The lowest BCUT2D eigenvalue weighted by Crippen LogP contribution is -2.41. The van der Waals surface area contributed by atoms with Crippen LogP contribution in [-0.2, 0) is 26.0 Å². The van der Waals surface area contributed by atoms with Crippen molar-refractivity contribution < 1.29 is 27.5 Å². The minimum atomic E-state index is -3.71. The van der Waals surface area contributed by atoms with E-state index in [-0.39, 0.29) is 41.8 Å². The van der Waals surface area contributed by atoms with Crippen molar-refractivity contribution in [3.63, 3.8) is 0 Å². The lowest BCUT2D eigenvalue weighted by Gasteiger charge is -2.31. The van der Waals surface area contributed by atoms with Crippen molar-refractivity contribution in [3.05, 3.63) is 42.0 Å². The Morgan fingerprint density at radius 3 is 2.38 bits per heavy atom. The number of hydrogen-bond donors (Lipinski definition) is 1. The molecule has 2 aromatic rings. The third-order valence-corrected chi connectivity index (χ3v) is 8.78. The van der Waals surface area contributed by atoms with Gasteiger partial charge < -0.3 is 19.7 Å². The number of amides is 2. The van der Waals surface area contributed by atoms with E-state index < -0.39 is 10.0 Å². The normalized spacial score (nSPS) is 18.4. The lowest BCUT2D eigenvalue weighted by atomic mass is 9.97. The zero-order valence-electron chi connectivity index (χ0n) is 21.8. The number of hydrogen-bond acceptors (Lipinski definition) is 6. The van der Waals surface area contributed by atoms with Gasteiger partial charge in [-0.3, -0.25) is 9.59 Å². The van der Waals surface area contributed by atoms with Crippen molar-refractivity contribution in [1.82, 2.24) is 4.31 Å². The summed E-state index contributed by atoms with van der Waals surface area (Å²) >= 11 is 0. The van der Waals surface area contributed by atoms with E-state index in [1.165, 1.54) is 11.2 Å². The van der Waals surface area contributed by atoms with Crippen molar-refractivity contribution in [2.24, 2.45) is 5.92 Å². The van der Waals surface area contributed by atoms with Crippen LogP contribution < -0.4 is 19.7 Å². The molecule has 0 aliphatic carbocycles. The molecule has 1 unspecified atom stereocenters. The fourth-order valence-corrected chi connectivity index (χ4v) is 6.66. The second-order valence-electron chi connectivity index (χ2n) is 9.42. The Hall–Kier alpha value is -3.11. The van der Waals surface area contributed by atoms with E-state index in [2.05, 4.69) is 5.32 Å². The highest BCUT2D eigenvalue weighted by Crippen LogP contribution is 2.35. The van der Waals surface area contributed by atoms with Gasteiger partial charge in [-0.15, -0.1) is 0 Å². The number of anilines is 2. The van der Waals surface area contributed by atoms with Gasteiger partial charge in [0.1, 0.15) is 11.5 Å². The standard InChI is InChI=1S/C27H35N3O6S/c1-5-35-22-7-10-26(36-6-2)24(17-22)28-27(32)20-11-13-29(14-12-20)37(33,34)23-8-9-25-21(16-23)15-18(3)30(25)19(4)31/h7-10,16-18,20H,5-6,11-15H2,1-4H3,(H,28,32). The zero-order chi connectivity index (χ0) is 26.7. The van der Waals surface area contributed by atoms with Crippen LogP contribution >= 0.6 is 0 Å². The molecule has 0 bridgehead atoms. The first-order chi connectivity index (χ1) is 17.6. The molecule has 1 fully saturated rings. The molecule has 1 atom stereocenters. The maximum Gasteiger partial charge on any atom is 0.243 e. The van der Waals surface area contributed by atoms with E-state index >= 15 is 0 Å². The van der Waals surface area contributed by atoms with Gasteiger partial charge in [0.15, 0.2) is 0 Å². The van der Waals surface area contributed by atoms with Gasteiger partial charge in [-0.1, -0.05) is 0 Å². The molecule has 9 nitrogen and oxygen atoms in total. The van der Waals surface area contributed by atoms with Gasteiger partial charge in [0, 0.05) is 43.7 Å². The van der Waals surface area contributed by atoms with Gasteiger partial charge in [0.05, 0.1) is 23.8 Å². The topological polar surface area (TPSA) is 105 Å². The Kier molecular flexibility index (Phi) is 8.08. The molecule has 2 aliphatic heterocycles. The summed E-state index contributed by atoms with van der Waals surface area (Å²) in [6.45, 7) is 8.71. The Labute approximate surface area is 218 Å². The molecule has 1 N–H and O–H groups in total. The number of piperidine rings is 1. The smallest absolute Gasteiger partial charge is 0.243 e. The molecule has 1 saturated heterocycles. The highest BCUT2D eigenvalue weighted by Gasteiger charge is 2.35. The SMILES string of the molecule is CCOc1ccc(OCC)c(NC(=O)C2CCN(S(=O)(=O)c3ccc4c(c3)CC(C)N4C(C)=O)CC2)c1. The number of nitrogens with zero attached hydrogens (tertiary/aromatic N) is 2. The zero-order valence-corrected chi connectivity index (χ0v) is 22.6. The number of benzene rings is 2. The van der Waals surface area contributed by atoms with Crippen LogP contribution in [0, 0.1) is 5.92 Å². The average Bonchev–Trinajstić information content (AvgIpc) is 3.21. The van der Waals surface area contributed by atoms with Crippen LogP contribution in [-0.4, -0.2) is 56.9 Å². The number of rotatable bonds is 8. The van der Waals surface area contributed by atoms with E-state index in [1.807, 2.05) is 20.8 Å². The Morgan fingerprint density at radius 1 is 1.03 bits per heavy atom. The lowest BCUT2D eigenvalue weighted by molar-refractivity contribution is -0.121. The number of fused-ring (bicyclic) bond motifs is 1. The number of carbonyl (C=O) groups excluding carboxylic acids is 2. The molecule has 10 heteroatoms. The van der Waals surface area contributed by atoms with Gasteiger partial charge >= 0.3 is 0 Å². The molecule has 0 radical (unpaired) electrons. The van der Waals surface area contributed by atoms with E-state index in [0.29, 0.717) is 49.7 Å². The quantitative estimate of drug-likeness (QED) is 0.557. The molecule has 2 aromatic carbocycles. The van der Waals surface area contributed by atoms with E-state index in [4.69, 9.17) is 9.47 Å². The second kappa shape index (κ2) is 11.1. The van der Waals surface area contributed by atoms with Crippen LogP contribution in [0.3, 0.4) is 0 Å². The molecule has 37 heavy (non-hydrogen) atoms. The monoisotopic (exact) mass is 529 g/mol. The van der Waals surface area contributed by atoms with E-state index in [1.54, 1.807) is 41.3 Å². The summed E-state index contributed by atoms with van der Waals surface area (Å²) in [5.41, 5.74) is 2.17. The van der Waals surface area contributed by atoms with Gasteiger partial charge in [0.25, 0.3) is 0 Å². The van der Waals surface area contributed by atoms with Gasteiger partial charge in [-0.2, -0.15) is 4.31 Å². The number of nitrogens with one attached hydrogen (secondary N) is 1. The molecular weight excluding hydrogens is 494 g/mol. The summed E-state index contributed by atoms with van der Waals surface area (Å²) in [4.78, 5) is 27.0. The van der Waals surface area contributed by atoms with Crippen molar-refractivity contribution in [1.29, 1.82) is 0 Å². The summed E-state index contributed by atoms with van der Waals surface area (Å²) < 4.78 is 39.4. The Morgan fingerprint density at radius 2 is 1.73 bits per heavy atom. The maximum atomic E-state index is 13.4. The third kappa shape index (κ3) is 5.60. The average molecular weight is 530 g/mol. The maximum absolute atomic E-state index is 13.4. The predicted octanol–water partition coefficient (Wildman–Crippen LogP) is 3.82. The van der Waals surface area contributed by atoms with Crippen LogP contribution in [0.1, 0.15) is 46.1 Å². The number of carbonyl (C=O) groups is 2. The first-order valence-electron chi connectivity index (χ1n) is 12.8. The molecule has 0 spiro atoms. The summed E-state index contributed by atoms with van der Waals surface area (Å²) in [6, 6.07) is 10.3. The van der Waals surface area contributed by atoms with Crippen LogP contribution in [0.2, 0.25) is 0 Å².